The van der Waals surface area contributed by atoms with Gasteiger partial charge in [0.05, 0.1) is 5.75 Å². The molecule has 0 saturated carbocycles. The predicted octanol–water partition coefficient (Wildman–Crippen LogP) is 4.15. The molecule has 0 amide bonds. The van der Waals surface area contributed by atoms with E-state index in [9.17, 15) is 12.8 Å². The van der Waals surface area contributed by atoms with Gasteiger partial charge in [0.1, 0.15) is 5.82 Å². The molecular formula is C18H19ClFNO2S. The number of halogens is 2. The Morgan fingerprint density at radius 1 is 1.21 bits per heavy atom. The molecule has 1 aliphatic rings. The molecule has 3 rings (SSSR count). The smallest absolute Gasteiger partial charge is 0.212 e. The first kappa shape index (κ1) is 17.4. The summed E-state index contributed by atoms with van der Waals surface area (Å²) in [6.45, 7) is 1.79. The number of benzene rings is 2. The molecule has 0 heterocycles. The van der Waals surface area contributed by atoms with E-state index in [0.29, 0.717) is 0 Å². The molecule has 6 heteroatoms. The van der Waals surface area contributed by atoms with Gasteiger partial charge >= 0.3 is 0 Å². The summed E-state index contributed by atoms with van der Waals surface area (Å²) in [4.78, 5) is 0. The van der Waals surface area contributed by atoms with Gasteiger partial charge in [0.2, 0.25) is 10.0 Å². The fraction of sp³-hybridized carbons (Fsp3) is 0.333. The quantitative estimate of drug-likeness (QED) is 0.862. The second-order valence-electron chi connectivity index (χ2n) is 6.18. The fourth-order valence-electron chi connectivity index (χ4n) is 3.10. The molecule has 0 saturated heterocycles. The molecule has 0 radical (unpaired) electrons. The maximum Gasteiger partial charge on any atom is 0.216 e. The predicted molar refractivity (Wildman–Crippen MR) is 94.1 cm³/mol. The van der Waals surface area contributed by atoms with Gasteiger partial charge in [0.25, 0.3) is 0 Å². The highest BCUT2D eigenvalue weighted by Crippen LogP contribution is 2.26. The van der Waals surface area contributed by atoms with Gasteiger partial charge in [-0.2, -0.15) is 0 Å². The van der Waals surface area contributed by atoms with Crippen LogP contribution in [0.3, 0.4) is 0 Å². The maximum absolute atomic E-state index is 13.8. The summed E-state index contributed by atoms with van der Waals surface area (Å²) in [6, 6.07) is 9.84. The zero-order valence-electron chi connectivity index (χ0n) is 13.4. The summed E-state index contributed by atoms with van der Waals surface area (Å²) in [6.07, 6.45) is 3.26. The van der Waals surface area contributed by atoms with Crippen LogP contribution in [0.5, 0.6) is 0 Å². The van der Waals surface area contributed by atoms with Crippen LogP contribution in [0.15, 0.2) is 36.4 Å². The van der Waals surface area contributed by atoms with E-state index >= 15 is 0 Å². The molecule has 0 fully saturated rings. The minimum absolute atomic E-state index is 0.00665. The van der Waals surface area contributed by atoms with Gasteiger partial charge in [-0.3, -0.25) is 0 Å². The number of rotatable bonds is 5. The summed E-state index contributed by atoms with van der Waals surface area (Å²) >= 11 is 5.92. The van der Waals surface area contributed by atoms with Crippen LogP contribution in [0.4, 0.5) is 4.39 Å². The Kier molecular flexibility index (Phi) is 4.95. The molecule has 0 aliphatic heterocycles. The Balaban J connectivity index is 1.76. The largest absolute Gasteiger partial charge is 0.216 e. The lowest BCUT2D eigenvalue weighted by molar-refractivity contribution is 0.561. The summed E-state index contributed by atoms with van der Waals surface area (Å²) in [5, 5.41) is 0.116. The lowest BCUT2D eigenvalue weighted by Gasteiger charge is -2.16. The summed E-state index contributed by atoms with van der Waals surface area (Å²) in [5.41, 5.74) is 3.54. The third-order valence-electron chi connectivity index (χ3n) is 4.37. The van der Waals surface area contributed by atoms with Crippen LogP contribution in [0.1, 0.15) is 41.6 Å². The van der Waals surface area contributed by atoms with Crippen molar-refractivity contribution in [2.24, 2.45) is 0 Å². The van der Waals surface area contributed by atoms with E-state index in [4.69, 9.17) is 11.6 Å². The van der Waals surface area contributed by atoms with Crippen LogP contribution < -0.4 is 4.72 Å². The highest BCUT2D eigenvalue weighted by molar-refractivity contribution is 7.88. The second kappa shape index (κ2) is 6.82. The van der Waals surface area contributed by atoms with Crippen molar-refractivity contribution in [2.75, 3.05) is 0 Å². The summed E-state index contributed by atoms with van der Waals surface area (Å²) < 4.78 is 41.2. The Hall–Kier alpha value is -1.43. The topological polar surface area (TPSA) is 46.2 Å². The Morgan fingerprint density at radius 3 is 2.71 bits per heavy atom. The van der Waals surface area contributed by atoms with E-state index in [-0.39, 0.29) is 16.6 Å². The Morgan fingerprint density at radius 2 is 1.96 bits per heavy atom. The van der Waals surface area contributed by atoms with Crippen molar-refractivity contribution in [3.8, 4) is 0 Å². The van der Waals surface area contributed by atoms with Gasteiger partial charge in [-0.05, 0) is 55.0 Å². The zero-order valence-corrected chi connectivity index (χ0v) is 14.9. The standard InChI is InChI=1S/C18H19ClFNO2S/c1-12(14-9-8-13-4-2-5-15(13)10-14)21-24(22,23)11-16-17(19)6-3-7-18(16)20/h3,6-10,12,21H,2,4-5,11H2,1H3. The second-order valence-corrected chi connectivity index (χ2v) is 8.34. The van der Waals surface area contributed by atoms with E-state index in [0.717, 1.165) is 24.8 Å². The molecule has 2 aromatic carbocycles. The van der Waals surface area contributed by atoms with Crippen molar-refractivity contribution < 1.29 is 12.8 Å². The summed E-state index contributed by atoms with van der Waals surface area (Å²) in [7, 11) is -3.72. The van der Waals surface area contributed by atoms with Gasteiger partial charge in [-0.25, -0.2) is 17.5 Å². The number of fused-ring (bicyclic) bond motifs is 1. The average Bonchev–Trinajstić information content (AvgIpc) is 2.98. The van der Waals surface area contributed by atoms with Crippen molar-refractivity contribution in [2.45, 2.75) is 38.0 Å². The first-order valence-corrected chi connectivity index (χ1v) is 9.93. The molecule has 0 aromatic heterocycles. The number of aryl methyl sites for hydroxylation is 2. The molecule has 1 atom stereocenters. The third kappa shape index (κ3) is 3.79. The SMILES string of the molecule is CC(NS(=O)(=O)Cc1c(F)cccc1Cl)c1ccc2c(c1)CCC2. The highest BCUT2D eigenvalue weighted by Gasteiger charge is 2.21. The molecule has 0 spiro atoms. The van der Waals surface area contributed by atoms with Gasteiger partial charge in [-0.15, -0.1) is 0 Å². The van der Waals surface area contributed by atoms with E-state index in [1.54, 1.807) is 6.92 Å². The Labute approximate surface area is 146 Å². The average molecular weight is 368 g/mol. The normalized spacial score (nSPS) is 15.3. The highest BCUT2D eigenvalue weighted by atomic mass is 35.5. The number of sulfonamides is 1. The maximum atomic E-state index is 13.8. The molecule has 2 aromatic rings. The molecule has 3 nitrogen and oxygen atoms in total. The zero-order chi connectivity index (χ0) is 17.3. The molecule has 1 aliphatic carbocycles. The van der Waals surface area contributed by atoms with Gasteiger partial charge in [-0.1, -0.05) is 35.9 Å². The van der Waals surface area contributed by atoms with Crippen molar-refractivity contribution in [3.05, 3.63) is 69.5 Å². The molecule has 24 heavy (non-hydrogen) atoms. The van der Waals surface area contributed by atoms with Crippen molar-refractivity contribution in [3.63, 3.8) is 0 Å². The van der Waals surface area contributed by atoms with Crippen LogP contribution in [0, 0.1) is 5.82 Å². The number of hydrogen-bond acceptors (Lipinski definition) is 2. The lowest BCUT2D eigenvalue weighted by atomic mass is 10.0. The molecule has 0 bridgehead atoms. The van der Waals surface area contributed by atoms with E-state index in [1.165, 1.54) is 29.3 Å². The molecule has 128 valence electrons. The monoisotopic (exact) mass is 367 g/mol. The van der Waals surface area contributed by atoms with Crippen molar-refractivity contribution in [1.29, 1.82) is 0 Å². The van der Waals surface area contributed by atoms with Crippen LogP contribution in [0.25, 0.3) is 0 Å². The molecule has 1 unspecified atom stereocenters. The van der Waals surface area contributed by atoms with E-state index in [1.807, 2.05) is 6.07 Å². The third-order valence-corrected chi connectivity index (χ3v) is 6.11. The first-order valence-electron chi connectivity index (χ1n) is 7.90. The van der Waals surface area contributed by atoms with Crippen LogP contribution in [0.2, 0.25) is 5.02 Å². The van der Waals surface area contributed by atoms with Crippen molar-refractivity contribution in [1.82, 2.24) is 4.72 Å². The van der Waals surface area contributed by atoms with E-state index in [2.05, 4.69) is 16.9 Å². The lowest BCUT2D eigenvalue weighted by Crippen LogP contribution is -2.28. The minimum Gasteiger partial charge on any atom is -0.212 e. The molecular weight excluding hydrogens is 349 g/mol. The first-order chi connectivity index (χ1) is 11.4. The van der Waals surface area contributed by atoms with Crippen molar-refractivity contribution >= 4 is 21.6 Å². The van der Waals surface area contributed by atoms with Gasteiger partial charge in [0.15, 0.2) is 0 Å². The fourth-order valence-corrected chi connectivity index (χ4v) is 4.84. The Bertz CT molecular complexity index is 847. The van der Waals surface area contributed by atoms with Crippen LogP contribution in [-0.2, 0) is 28.6 Å². The van der Waals surface area contributed by atoms with E-state index < -0.39 is 21.6 Å². The summed E-state index contributed by atoms with van der Waals surface area (Å²) in [5.74, 6) is -1.09. The van der Waals surface area contributed by atoms with Gasteiger partial charge < -0.3 is 0 Å². The number of nitrogens with one attached hydrogen (secondary N) is 1. The molecule has 1 N–H and O–H groups in total. The number of hydrogen-bond donors (Lipinski definition) is 1. The van der Waals surface area contributed by atoms with Crippen LogP contribution >= 0.6 is 11.6 Å². The van der Waals surface area contributed by atoms with Crippen LogP contribution in [-0.4, -0.2) is 8.42 Å². The minimum atomic E-state index is -3.72. The van der Waals surface area contributed by atoms with Gasteiger partial charge in [0, 0.05) is 16.6 Å².